The Hall–Kier alpha value is -2.55. The number of Topliss-reactive ketones (excluding diaryl/α,β-unsaturated/α-hetero) is 1. The second-order valence-corrected chi connectivity index (χ2v) is 6.94. The summed E-state index contributed by atoms with van der Waals surface area (Å²) in [5.41, 5.74) is 16.0. The first-order chi connectivity index (χ1) is 16.3. The molecule has 0 amide bonds. The Balaban J connectivity index is 0. The molecule has 0 atom stereocenters. The van der Waals surface area contributed by atoms with Crippen LogP contribution in [0.15, 0.2) is 54.6 Å². The molecule has 2 aromatic heterocycles. The molecule has 0 spiro atoms. The van der Waals surface area contributed by atoms with Gasteiger partial charge in [-0.05, 0) is 36.5 Å². The number of aromatic nitrogens is 3. The molecule has 0 bridgehead atoms. The summed E-state index contributed by atoms with van der Waals surface area (Å²) in [6.45, 7) is 6.60. The number of fused-ring (bicyclic) bond motifs is 1. The van der Waals surface area contributed by atoms with Crippen molar-refractivity contribution in [3.05, 3.63) is 89.2 Å². The quantitative estimate of drug-likeness (QED) is 0.201. The van der Waals surface area contributed by atoms with Crippen LogP contribution in [0.2, 0.25) is 0 Å². The van der Waals surface area contributed by atoms with E-state index in [0.29, 0.717) is 43.1 Å². The molecule has 1 aromatic carbocycles. The predicted octanol–water partition coefficient (Wildman–Crippen LogP) is 4.91. The summed E-state index contributed by atoms with van der Waals surface area (Å²) in [5, 5.41) is 16.7. The number of hydrogen-bond acceptors (Lipinski definition) is 8. The number of imidazole rings is 1. The third-order valence-corrected chi connectivity index (χ3v) is 4.10. The fraction of sp³-hybridized carbons (Fsp3) is 0.304. The number of ketones is 1. The molecular formula is C23H30N7O5UV-. The van der Waals surface area contributed by atoms with Gasteiger partial charge in [-0.2, -0.15) is 0 Å². The molecule has 37 heavy (non-hydrogen) atoms. The van der Waals surface area contributed by atoms with Crippen LogP contribution in [0.25, 0.3) is 17.1 Å². The number of nitrogens with one attached hydrogen (secondary N) is 3. The van der Waals surface area contributed by atoms with E-state index in [-0.39, 0.29) is 80.6 Å². The molecule has 4 rings (SSSR count). The van der Waals surface area contributed by atoms with Gasteiger partial charge in [0, 0.05) is 49.1 Å². The van der Waals surface area contributed by atoms with Gasteiger partial charge in [-0.25, -0.2) is 4.52 Å². The van der Waals surface area contributed by atoms with E-state index in [4.69, 9.17) is 20.9 Å². The van der Waals surface area contributed by atoms with Gasteiger partial charge in [0.25, 0.3) is 0 Å². The van der Waals surface area contributed by atoms with E-state index in [9.17, 15) is 14.9 Å². The van der Waals surface area contributed by atoms with Gasteiger partial charge in [0.1, 0.15) is 11.5 Å². The third-order valence-electron chi connectivity index (χ3n) is 4.10. The number of ether oxygens (including phenoxy) is 2. The summed E-state index contributed by atoms with van der Waals surface area (Å²) in [6, 6.07) is 10.8. The van der Waals surface area contributed by atoms with Crippen molar-refractivity contribution in [3.8, 4) is 11.6 Å². The Morgan fingerprint density at radius 1 is 1.32 bits per heavy atom. The standard InChI is InChI=1S/C15H13N4O2.C5H8N3O3.C2H6.CH3.U.V/c1-10(20)7-11-3-2-4-12(8-11)21-15-6-5-14-17-13(16)9-19(14)18-15;6-5(1-8(9)10)7-4-2-11-3-4;1-2;;;/h2-6,8-9,16H,7H2,1H3;1,4,6-7H,2-3H2;1-2H3;1H3;;/q2*-1;;-1;+2;/b;5-1-;;;;. The molecule has 1 saturated heterocycles. The number of carbonyl (C=O) groups is 1. The molecule has 1 aliphatic heterocycles. The van der Waals surface area contributed by atoms with E-state index >= 15 is 0 Å². The average molecular weight is 774 g/mol. The van der Waals surface area contributed by atoms with Gasteiger partial charge in [-0.3, -0.25) is 14.9 Å². The van der Waals surface area contributed by atoms with Crippen LogP contribution >= 0.6 is 0 Å². The van der Waals surface area contributed by atoms with E-state index in [1.165, 1.54) is 10.7 Å². The molecule has 1 fully saturated rings. The molecule has 1 aliphatic rings. The van der Waals surface area contributed by atoms with Crippen LogP contribution in [-0.2, 0) is 34.5 Å². The fourth-order valence-electron chi connectivity index (χ4n) is 2.73. The monoisotopic (exact) mass is 773 g/mol. The molecule has 0 saturated carbocycles. The number of nitrogens with zero attached hydrogens (tertiary/aromatic N) is 4. The van der Waals surface area contributed by atoms with Crippen LogP contribution in [0, 0.1) is 48.7 Å². The number of hydrogen-bond donors (Lipinski definition) is 1. The molecule has 14 heteroatoms. The third kappa shape index (κ3) is 13.0. The van der Waals surface area contributed by atoms with Crippen molar-refractivity contribution in [2.75, 3.05) is 13.2 Å². The molecule has 0 aliphatic carbocycles. The zero-order valence-corrected chi connectivity index (χ0v) is 26.7. The van der Waals surface area contributed by atoms with Gasteiger partial charge < -0.3 is 38.7 Å². The first-order valence-electron chi connectivity index (χ1n) is 10.5. The maximum Gasteiger partial charge on any atom is 2.00 e. The van der Waals surface area contributed by atoms with Crippen LogP contribution in [-0.4, -0.2) is 44.6 Å². The Bertz CT molecular complexity index is 1160. The minimum atomic E-state index is -0.658. The minimum Gasteiger partial charge on any atom is -0.481 e. The predicted molar refractivity (Wildman–Crippen MR) is 133 cm³/mol. The molecule has 3 aromatic rings. The molecule has 197 valence electrons. The van der Waals surface area contributed by atoms with Crippen LogP contribution in [0.1, 0.15) is 26.3 Å². The Morgan fingerprint density at radius 3 is 2.57 bits per heavy atom. The molecule has 3 heterocycles. The van der Waals surface area contributed by atoms with Crippen molar-refractivity contribution in [1.82, 2.24) is 19.9 Å². The minimum absolute atomic E-state index is 0. The summed E-state index contributed by atoms with van der Waals surface area (Å²) < 4.78 is 12.0. The Kier molecular flexibility index (Phi) is 18.5. The maximum atomic E-state index is 11.2. The Morgan fingerprint density at radius 2 is 2.00 bits per heavy atom. The fourth-order valence-corrected chi connectivity index (χ4v) is 2.73. The summed E-state index contributed by atoms with van der Waals surface area (Å²) in [4.78, 5) is 24.3. The molecular weight excluding hydrogens is 743 g/mol. The zero-order chi connectivity index (χ0) is 25.1. The van der Waals surface area contributed by atoms with Crippen molar-refractivity contribution in [3.63, 3.8) is 0 Å². The van der Waals surface area contributed by atoms with Crippen LogP contribution in [0.5, 0.6) is 11.6 Å². The largest absolute Gasteiger partial charge is 2.00 e. The second-order valence-electron chi connectivity index (χ2n) is 6.94. The average Bonchev–Trinajstić information content (AvgIpc) is 3.11. The molecule has 3 N–H and O–H groups in total. The van der Waals surface area contributed by atoms with Gasteiger partial charge in [0.05, 0.1) is 23.8 Å². The maximum absolute atomic E-state index is 11.2. The molecule has 1 radical (unpaired) electrons. The van der Waals surface area contributed by atoms with E-state index in [0.717, 1.165) is 5.56 Å². The van der Waals surface area contributed by atoms with Gasteiger partial charge in [0.2, 0.25) is 12.1 Å². The van der Waals surface area contributed by atoms with Gasteiger partial charge >= 0.3 is 31.1 Å². The van der Waals surface area contributed by atoms with Crippen LogP contribution in [0.3, 0.4) is 0 Å². The molecule has 0 unspecified atom stereocenters. The van der Waals surface area contributed by atoms with Gasteiger partial charge in [0.15, 0.2) is 0 Å². The topological polar surface area (TPSA) is 168 Å². The van der Waals surface area contributed by atoms with Gasteiger partial charge in [-0.1, -0.05) is 26.0 Å². The number of benzene rings is 1. The van der Waals surface area contributed by atoms with E-state index in [2.05, 4.69) is 15.4 Å². The summed E-state index contributed by atoms with van der Waals surface area (Å²) in [7, 11) is 0. The summed E-state index contributed by atoms with van der Waals surface area (Å²) >= 11 is 0. The van der Waals surface area contributed by atoms with Gasteiger partial charge in [-0.15, -0.1) is 5.10 Å². The van der Waals surface area contributed by atoms with Crippen molar-refractivity contribution in [1.29, 1.82) is 0 Å². The smallest absolute Gasteiger partial charge is 0.481 e. The van der Waals surface area contributed by atoms with Crippen LogP contribution < -0.4 is 10.1 Å². The zero-order valence-electron chi connectivity index (χ0n) is 21.1. The number of nitro groups is 1. The van der Waals surface area contributed by atoms with Crippen molar-refractivity contribution >= 4 is 17.2 Å². The van der Waals surface area contributed by atoms with Crippen molar-refractivity contribution in [2.45, 2.75) is 33.2 Å². The van der Waals surface area contributed by atoms with E-state index < -0.39 is 4.92 Å². The van der Waals surface area contributed by atoms with Crippen molar-refractivity contribution in [2.24, 2.45) is 0 Å². The summed E-state index contributed by atoms with van der Waals surface area (Å²) in [5.74, 6) is 1.10. The number of carbonyl (C=O) groups excluding carboxylic acids is 1. The SMILES string of the molecule is CC.CC(=O)Cc1cccc(Oc2ccc3nc([NH-])cn3n2)c1.[CH3-].[NH-]/C(=C/[N+](=O)[O-])NC1COC1.[U+2].[V]. The second kappa shape index (κ2) is 18.7. The normalized spacial score (nSPS) is 11.9. The Labute approximate surface area is 252 Å². The summed E-state index contributed by atoms with van der Waals surface area (Å²) in [6.07, 6.45) is 2.51. The van der Waals surface area contributed by atoms with Crippen molar-refractivity contribution < 1.29 is 68.9 Å². The first kappa shape index (κ1) is 36.6. The van der Waals surface area contributed by atoms with Crippen LogP contribution in [0.4, 0.5) is 5.82 Å². The molecule has 12 nitrogen and oxygen atoms in total. The first-order valence-corrected chi connectivity index (χ1v) is 10.5. The number of rotatable bonds is 7. The van der Waals surface area contributed by atoms with E-state index in [1.807, 2.05) is 32.0 Å². The van der Waals surface area contributed by atoms with E-state index in [1.54, 1.807) is 25.1 Å².